The van der Waals surface area contributed by atoms with Gasteiger partial charge in [-0.3, -0.25) is 0 Å². The Kier molecular flexibility index (Phi) is 5.72. The van der Waals surface area contributed by atoms with E-state index in [1.54, 1.807) is 11.8 Å². The van der Waals surface area contributed by atoms with E-state index in [1.807, 2.05) is 12.3 Å². The Hall–Kier alpha value is -2.34. The van der Waals surface area contributed by atoms with E-state index in [2.05, 4.69) is 73.4 Å². The van der Waals surface area contributed by atoms with Crippen LogP contribution in [-0.4, -0.2) is 39.1 Å². The van der Waals surface area contributed by atoms with Gasteiger partial charge in [-0.15, -0.1) is 10.2 Å². The molecule has 3 aromatic rings. The van der Waals surface area contributed by atoms with Crippen molar-refractivity contribution in [1.82, 2.24) is 19.7 Å². The summed E-state index contributed by atoms with van der Waals surface area (Å²) >= 11 is 1.80. The van der Waals surface area contributed by atoms with Crippen molar-refractivity contribution >= 4 is 17.6 Å². The van der Waals surface area contributed by atoms with E-state index >= 15 is 0 Å². The van der Waals surface area contributed by atoms with Crippen LogP contribution in [0.1, 0.15) is 36.0 Å². The molecule has 140 valence electrons. The number of benzene rings is 1. The molecule has 0 spiro atoms. The van der Waals surface area contributed by atoms with Crippen LogP contribution < -0.4 is 4.90 Å². The van der Waals surface area contributed by atoms with Crippen LogP contribution in [0.15, 0.2) is 54.7 Å². The summed E-state index contributed by atoms with van der Waals surface area (Å²) in [5.41, 5.74) is 1.30. The van der Waals surface area contributed by atoms with Gasteiger partial charge in [-0.2, -0.15) is 11.8 Å². The molecule has 27 heavy (non-hydrogen) atoms. The van der Waals surface area contributed by atoms with Crippen LogP contribution in [0.5, 0.6) is 0 Å². The van der Waals surface area contributed by atoms with Crippen LogP contribution in [0.3, 0.4) is 0 Å². The van der Waals surface area contributed by atoms with E-state index in [0.29, 0.717) is 5.92 Å². The molecule has 6 heteroatoms. The molecule has 0 bridgehead atoms. The van der Waals surface area contributed by atoms with E-state index in [-0.39, 0.29) is 0 Å². The normalized spacial score (nSPS) is 15.2. The molecule has 0 amide bonds. The minimum atomic E-state index is 0.455. The van der Waals surface area contributed by atoms with Crippen LogP contribution in [0.2, 0.25) is 0 Å². The molecule has 1 aromatic carbocycles. The third-order valence-corrected chi connectivity index (χ3v) is 5.69. The van der Waals surface area contributed by atoms with Crippen molar-refractivity contribution in [2.45, 2.75) is 31.1 Å². The lowest BCUT2D eigenvalue weighted by molar-refractivity contribution is 0.466. The van der Waals surface area contributed by atoms with E-state index in [1.165, 1.54) is 5.56 Å². The molecule has 3 heterocycles. The second kappa shape index (κ2) is 8.57. The third kappa shape index (κ3) is 4.16. The summed E-state index contributed by atoms with van der Waals surface area (Å²) in [6.45, 7) is 2.87. The average molecular weight is 380 g/mol. The first-order chi connectivity index (χ1) is 13.3. The van der Waals surface area contributed by atoms with Crippen LogP contribution >= 0.6 is 11.8 Å². The zero-order chi connectivity index (χ0) is 18.5. The van der Waals surface area contributed by atoms with Gasteiger partial charge in [0.2, 0.25) is 0 Å². The zero-order valence-corrected chi connectivity index (χ0v) is 16.5. The summed E-state index contributed by atoms with van der Waals surface area (Å²) in [5.74, 6) is 4.64. The Balaban J connectivity index is 1.52. The van der Waals surface area contributed by atoms with Crippen molar-refractivity contribution in [3.8, 4) is 0 Å². The van der Waals surface area contributed by atoms with E-state index in [0.717, 1.165) is 55.7 Å². The highest BCUT2D eigenvalue weighted by Gasteiger charge is 2.26. The lowest BCUT2D eigenvalue weighted by atomic mass is 9.95. The number of thioether (sulfide) groups is 1. The molecule has 1 fully saturated rings. The van der Waals surface area contributed by atoms with Crippen molar-refractivity contribution in [3.05, 3.63) is 71.9 Å². The number of hydrogen-bond donors (Lipinski definition) is 0. The summed E-state index contributed by atoms with van der Waals surface area (Å²) in [6, 6.07) is 16.7. The van der Waals surface area contributed by atoms with Crippen molar-refractivity contribution in [3.63, 3.8) is 0 Å². The highest BCUT2D eigenvalue weighted by atomic mass is 32.2. The predicted molar refractivity (Wildman–Crippen MR) is 111 cm³/mol. The molecular weight excluding hydrogens is 354 g/mol. The van der Waals surface area contributed by atoms with Crippen molar-refractivity contribution in [2.75, 3.05) is 24.2 Å². The fourth-order valence-electron chi connectivity index (χ4n) is 3.73. The lowest BCUT2D eigenvalue weighted by Gasteiger charge is -2.32. The first-order valence-electron chi connectivity index (χ1n) is 9.46. The molecule has 0 saturated carbocycles. The lowest BCUT2D eigenvalue weighted by Crippen LogP contribution is -2.34. The monoisotopic (exact) mass is 379 g/mol. The maximum atomic E-state index is 4.62. The van der Waals surface area contributed by atoms with Crippen LogP contribution in [0.4, 0.5) is 5.82 Å². The van der Waals surface area contributed by atoms with Crippen LogP contribution in [-0.2, 0) is 12.3 Å². The first-order valence-corrected chi connectivity index (χ1v) is 10.9. The van der Waals surface area contributed by atoms with Gasteiger partial charge in [0.05, 0.1) is 12.3 Å². The molecule has 0 N–H and O–H groups in total. The minimum Gasteiger partial charge on any atom is -0.357 e. The number of hydrogen-bond acceptors (Lipinski definition) is 5. The van der Waals surface area contributed by atoms with E-state index in [9.17, 15) is 0 Å². The maximum absolute atomic E-state index is 4.62. The average Bonchev–Trinajstić information content (AvgIpc) is 3.12. The summed E-state index contributed by atoms with van der Waals surface area (Å²) < 4.78 is 2.34. The SMILES string of the molecule is CSCc1nnc(C2CCN(c3ccccn3)CC2)n1Cc1ccccc1. The second-order valence-corrected chi connectivity index (χ2v) is 7.79. The van der Waals surface area contributed by atoms with Gasteiger partial charge in [-0.25, -0.2) is 4.98 Å². The summed E-state index contributed by atoms with van der Waals surface area (Å²) in [4.78, 5) is 6.86. The van der Waals surface area contributed by atoms with Gasteiger partial charge >= 0.3 is 0 Å². The number of rotatable bonds is 6. The molecule has 1 aliphatic rings. The second-order valence-electron chi connectivity index (χ2n) is 6.93. The molecule has 4 rings (SSSR count). The quantitative estimate of drug-likeness (QED) is 0.649. The number of anilines is 1. The van der Waals surface area contributed by atoms with Gasteiger partial charge in [0.15, 0.2) is 0 Å². The standard InChI is InChI=1S/C21H25N5S/c1-27-16-20-23-24-21(26(20)15-17-7-3-2-4-8-17)18-10-13-25(14-11-18)19-9-5-6-12-22-19/h2-9,12,18H,10-11,13-16H2,1H3. The molecule has 0 unspecified atom stereocenters. The summed E-state index contributed by atoms with van der Waals surface area (Å²) in [6.07, 6.45) is 6.16. The van der Waals surface area contributed by atoms with Gasteiger partial charge in [0.1, 0.15) is 17.5 Å². The Morgan fingerprint density at radius 2 is 1.78 bits per heavy atom. The molecule has 1 saturated heterocycles. The molecule has 5 nitrogen and oxygen atoms in total. The van der Waals surface area contributed by atoms with Crippen molar-refractivity contribution in [2.24, 2.45) is 0 Å². The van der Waals surface area contributed by atoms with Crippen molar-refractivity contribution in [1.29, 1.82) is 0 Å². The number of piperidine rings is 1. The van der Waals surface area contributed by atoms with E-state index in [4.69, 9.17) is 0 Å². The third-order valence-electron chi connectivity index (χ3n) is 5.15. The predicted octanol–water partition coefficient (Wildman–Crippen LogP) is 3.97. The van der Waals surface area contributed by atoms with E-state index < -0.39 is 0 Å². The summed E-state index contributed by atoms with van der Waals surface area (Å²) in [5, 5.41) is 9.14. The van der Waals surface area contributed by atoms with Crippen LogP contribution in [0.25, 0.3) is 0 Å². The van der Waals surface area contributed by atoms with Gasteiger partial charge in [-0.05, 0) is 36.8 Å². The van der Waals surface area contributed by atoms with Crippen LogP contribution in [0, 0.1) is 0 Å². The minimum absolute atomic E-state index is 0.455. The van der Waals surface area contributed by atoms with Gasteiger partial charge < -0.3 is 9.47 Å². The Morgan fingerprint density at radius 3 is 2.48 bits per heavy atom. The van der Waals surface area contributed by atoms with Crippen molar-refractivity contribution < 1.29 is 0 Å². The number of aromatic nitrogens is 4. The van der Waals surface area contributed by atoms with Gasteiger partial charge in [0.25, 0.3) is 0 Å². The Morgan fingerprint density at radius 1 is 1.00 bits per heavy atom. The highest BCUT2D eigenvalue weighted by Crippen LogP contribution is 2.30. The number of pyridine rings is 1. The molecule has 0 radical (unpaired) electrons. The molecule has 0 aliphatic carbocycles. The molecule has 2 aromatic heterocycles. The molecule has 0 atom stereocenters. The zero-order valence-electron chi connectivity index (χ0n) is 15.7. The largest absolute Gasteiger partial charge is 0.357 e. The smallest absolute Gasteiger partial charge is 0.143 e. The maximum Gasteiger partial charge on any atom is 0.143 e. The van der Waals surface area contributed by atoms with Gasteiger partial charge in [0, 0.05) is 25.2 Å². The Bertz CT molecular complexity index is 842. The molecular formula is C21H25N5S. The van der Waals surface area contributed by atoms with Gasteiger partial charge in [-0.1, -0.05) is 36.4 Å². The molecule has 1 aliphatic heterocycles. The topological polar surface area (TPSA) is 46.8 Å². The fraction of sp³-hybridized carbons (Fsp3) is 0.381. The number of nitrogens with zero attached hydrogens (tertiary/aromatic N) is 5. The Labute approximate surface area is 164 Å². The highest BCUT2D eigenvalue weighted by molar-refractivity contribution is 7.97. The fourth-order valence-corrected chi connectivity index (χ4v) is 4.20. The summed E-state index contributed by atoms with van der Waals surface area (Å²) in [7, 11) is 0. The first kappa shape index (κ1) is 18.0.